The van der Waals surface area contributed by atoms with Gasteiger partial charge in [0, 0.05) is 37.6 Å². The second-order valence-electron chi connectivity index (χ2n) is 7.10. The van der Waals surface area contributed by atoms with Gasteiger partial charge in [0.15, 0.2) is 5.17 Å². The number of carbonyl (C=O) groups is 2. The van der Waals surface area contributed by atoms with E-state index in [2.05, 4.69) is 15.5 Å². The van der Waals surface area contributed by atoms with Crippen molar-refractivity contribution in [3.63, 3.8) is 0 Å². The molecule has 3 aliphatic rings. The molecule has 9 heteroatoms. The van der Waals surface area contributed by atoms with E-state index in [9.17, 15) is 14.0 Å². The summed E-state index contributed by atoms with van der Waals surface area (Å²) in [6.45, 7) is 3.14. The van der Waals surface area contributed by atoms with Crippen LogP contribution in [0.4, 0.5) is 4.39 Å². The molecule has 2 amide bonds. The zero-order valence-corrected chi connectivity index (χ0v) is 16.8. The largest absolute Gasteiger partial charge is 0.390 e. The van der Waals surface area contributed by atoms with Gasteiger partial charge in [-0.1, -0.05) is 35.1 Å². The zero-order valence-electron chi connectivity index (χ0n) is 16.0. The molecule has 1 atom stereocenters. The van der Waals surface area contributed by atoms with Crippen LogP contribution in [0.3, 0.4) is 0 Å². The molecule has 0 aromatic heterocycles. The summed E-state index contributed by atoms with van der Waals surface area (Å²) in [5.74, 6) is -0.114. The van der Waals surface area contributed by atoms with Crippen LogP contribution in [0.1, 0.15) is 30.9 Å². The highest BCUT2D eigenvalue weighted by Crippen LogP contribution is 2.28. The lowest BCUT2D eigenvalue weighted by molar-refractivity contribution is -0.119. The normalized spacial score (nSPS) is 21.4. The van der Waals surface area contributed by atoms with Crippen LogP contribution in [-0.4, -0.2) is 59.1 Å². The molecular formula is C20H21FN4O3S. The Kier molecular flexibility index (Phi) is 5.66. The van der Waals surface area contributed by atoms with E-state index in [1.165, 1.54) is 24.8 Å². The number of rotatable bonds is 4. The van der Waals surface area contributed by atoms with Gasteiger partial charge in [0.1, 0.15) is 11.9 Å². The minimum Gasteiger partial charge on any atom is -0.390 e. The van der Waals surface area contributed by atoms with E-state index in [4.69, 9.17) is 4.84 Å². The summed E-state index contributed by atoms with van der Waals surface area (Å²) in [4.78, 5) is 33.7. The first-order valence-corrected chi connectivity index (χ1v) is 10.4. The molecule has 29 heavy (non-hydrogen) atoms. The molecular weight excluding hydrogens is 395 g/mol. The Hall–Kier alpha value is -2.68. The highest BCUT2D eigenvalue weighted by molar-refractivity contribution is 8.14. The topological polar surface area (TPSA) is 83.4 Å². The van der Waals surface area contributed by atoms with Gasteiger partial charge in [-0.15, -0.1) is 0 Å². The fourth-order valence-corrected chi connectivity index (χ4v) is 4.30. The number of amidine groups is 1. The van der Waals surface area contributed by atoms with Crippen molar-refractivity contribution in [2.24, 2.45) is 10.1 Å². The van der Waals surface area contributed by atoms with Crippen molar-refractivity contribution in [2.45, 2.75) is 25.9 Å². The highest BCUT2D eigenvalue weighted by Gasteiger charge is 2.25. The molecule has 0 saturated heterocycles. The molecule has 4 rings (SSSR count). The predicted octanol–water partition coefficient (Wildman–Crippen LogP) is 2.17. The lowest BCUT2D eigenvalue weighted by Crippen LogP contribution is -2.32. The van der Waals surface area contributed by atoms with Crippen molar-refractivity contribution in [1.29, 1.82) is 0 Å². The van der Waals surface area contributed by atoms with Crippen LogP contribution in [0.15, 0.2) is 34.4 Å². The van der Waals surface area contributed by atoms with E-state index in [0.29, 0.717) is 55.1 Å². The minimum absolute atomic E-state index is 0.0977. The first-order valence-electron chi connectivity index (χ1n) is 9.45. The Labute approximate surface area is 172 Å². The Balaban J connectivity index is 1.41. The van der Waals surface area contributed by atoms with Crippen molar-refractivity contribution in [1.82, 2.24) is 10.2 Å². The van der Waals surface area contributed by atoms with Crippen LogP contribution in [0, 0.1) is 5.82 Å². The Morgan fingerprint density at radius 1 is 1.45 bits per heavy atom. The number of hydrogen-bond donors (Lipinski definition) is 1. The maximum atomic E-state index is 14.8. The van der Waals surface area contributed by atoms with Gasteiger partial charge >= 0.3 is 0 Å². The zero-order chi connectivity index (χ0) is 20.4. The summed E-state index contributed by atoms with van der Waals surface area (Å²) in [5, 5.41) is 7.50. The number of aliphatic imine (C=N–C) groups is 1. The smallest absolute Gasteiger partial charge is 0.258 e. The quantitative estimate of drug-likeness (QED) is 0.813. The number of oxime groups is 1. The number of amides is 2. The summed E-state index contributed by atoms with van der Waals surface area (Å²) >= 11 is 1.45. The van der Waals surface area contributed by atoms with E-state index in [1.54, 1.807) is 6.07 Å². The molecule has 1 N–H and O–H groups in total. The molecule has 0 fully saturated rings. The number of nitrogens with one attached hydrogen (secondary N) is 1. The Morgan fingerprint density at radius 3 is 2.97 bits per heavy atom. The summed E-state index contributed by atoms with van der Waals surface area (Å²) in [6, 6.07) is 5.12. The maximum absolute atomic E-state index is 14.8. The summed E-state index contributed by atoms with van der Waals surface area (Å²) < 4.78 is 14.8. The average Bonchev–Trinajstić information content (AvgIpc) is 3.36. The highest BCUT2D eigenvalue weighted by atomic mass is 32.2. The minimum atomic E-state index is -0.294. The van der Waals surface area contributed by atoms with E-state index in [-0.39, 0.29) is 23.7 Å². The van der Waals surface area contributed by atoms with Crippen LogP contribution >= 0.6 is 11.8 Å². The molecule has 1 aromatic rings. The first kappa shape index (κ1) is 19.6. The number of benzene rings is 1. The van der Waals surface area contributed by atoms with Gasteiger partial charge in [-0.05, 0) is 18.1 Å². The summed E-state index contributed by atoms with van der Waals surface area (Å²) in [5.41, 5.74) is 2.90. The lowest BCUT2D eigenvalue weighted by atomic mass is 9.96. The van der Waals surface area contributed by atoms with E-state index in [1.807, 2.05) is 17.0 Å². The first-order chi connectivity index (χ1) is 14.0. The van der Waals surface area contributed by atoms with Crippen molar-refractivity contribution in [2.75, 3.05) is 25.4 Å². The molecule has 7 nitrogen and oxygen atoms in total. The monoisotopic (exact) mass is 416 g/mol. The number of halogens is 1. The maximum Gasteiger partial charge on any atom is 0.258 e. The molecule has 0 aliphatic carbocycles. The molecule has 3 aliphatic heterocycles. The molecule has 1 unspecified atom stereocenters. The molecule has 0 radical (unpaired) electrons. The SMILES string of the molecule is CC(=O)NCC1CC(c2ccc(C3=CCN(C4=NC(=O)CS4)CC3)c(F)c2)=NO1. The van der Waals surface area contributed by atoms with E-state index >= 15 is 0 Å². The van der Waals surface area contributed by atoms with Crippen molar-refractivity contribution in [3.8, 4) is 0 Å². The van der Waals surface area contributed by atoms with Gasteiger partial charge in [0.05, 0.1) is 18.0 Å². The summed E-state index contributed by atoms with van der Waals surface area (Å²) in [7, 11) is 0. The van der Waals surface area contributed by atoms with Crippen LogP contribution in [0.2, 0.25) is 0 Å². The Bertz CT molecular complexity index is 944. The third-order valence-corrected chi connectivity index (χ3v) is 5.98. The van der Waals surface area contributed by atoms with Crippen LogP contribution in [-0.2, 0) is 14.4 Å². The van der Waals surface area contributed by atoms with Gasteiger partial charge in [-0.25, -0.2) is 4.39 Å². The van der Waals surface area contributed by atoms with Crippen molar-refractivity contribution >= 4 is 40.0 Å². The molecule has 0 saturated carbocycles. The Morgan fingerprint density at radius 2 is 2.31 bits per heavy atom. The fraction of sp³-hybridized carbons (Fsp3) is 0.400. The standard InChI is InChI=1S/C20H21FN4O3S/c1-12(26)22-10-15-9-18(24-28-15)14-2-3-16(17(21)8-14)13-4-6-25(7-5-13)20-23-19(27)11-29-20/h2-4,8,15H,5-7,9-11H2,1H3,(H,22,26). The van der Waals surface area contributed by atoms with E-state index < -0.39 is 0 Å². The number of hydrogen-bond acceptors (Lipinski definition) is 6. The van der Waals surface area contributed by atoms with Crippen molar-refractivity contribution < 1.29 is 18.8 Å². The van der Waals surface area contributed by atoms with Gasteiger partial charge in [-0.3, -0.25) is 9.59 Å². The average molecular weight is 416 g/mol. The van der Waals surface area contributed by atoms with Crippen LogP contribution in [0.5, 0.6) is 0 Å². The third-order valence-electron chi connectivity index (χ3n) is 4.98. The number of nitrogens with zero attached hydrogens (tertiary/aromatic N) is 3. The predicted molar refractivity (Wildman–Crippen MR) is 110 cm³/mol. The van der Waals surface area contributed by atoms with Gasteiger partial charge in [-0.2, -0.15) is 4.99 Å². The molecule has 3 heterocycles. The van der Waals surface area contributed by atoms with E-state index in [0.717, 1.165) is 10.7 Å². The summed E-state index contributed by atoms with van der Waals surface area (Å²) in [6.07, 6.45) is 2.97. The van der Waals surface area contributed by atoms with Crippen molar-refractivity contribution in [3.05, 3.63) is 41.2 Å². The van der Waals surface area contributed by atoms with Crippen LogP contribution < -0.4 is 5.32 Å². The fourth-order valence-electron chi connectivity index (χ4n) is 3.47. The molecule has 1 aromatic carbocycles. The third kappa shape index (κ3) is 4.50. The number of thioether (sulfide) groups is 1. The van der Waals surface area contributed by atoms with Gasteiger partial charge in [0.2, 0.25) is 5.91 Å². The molecule has 152 valence electrons. The van der Waals surface area contributed by atoms with Crippen LogP contribution in [0.25, 0.3) is 5.57 Å². The second-order valence-corrected chi connectivity index (χ2v) is 8.05. The van der Waals surface area contributed by atoms with Gasteiger partial charge in [0.25, 0.3) is 5.91 Å². The molecule has 0 spiro atoms. The second kappa shape index (κ2) is 8.36. The van der Waals surface area contributed by atoms with Gasteiger partial charge < -0.3 is 15.1 Å². The lowest BCUT2D eigenvalue weighted by Gasteiger charge is -2.27. The molecule has 0 bridgehead atoms. The number of carbonyl (C=O) groups excluding carboxylic acids is 2.